The number of nitrogens with two attached hydrogens (primary N) is 1. The Morgan fingerprint density at radius 2 is 2.33 bits per heavy atom. The fourth-order valence-corrected chi connectivity index (χ4v) is 1.49. The second-order valence-electron chi connectivity index (χ2n) is 3.31. The molecule has 5 nitrogen and oxygen atoms in total. The monoisotopic (exact) mass is 231 g/mol. The standard InChI is InChI=1S/C9H17N3O2S/c1-7(2)15-6-8-11-9(14-12-8)5-13-4-3-10/h7H,3-6,10H2,1-2H3. The van der Waals surface area contributed by atoms with Gasteiger partial charge in [0.05, 0.1) is 12.4 Å². The van der Waals surface area contributed by atoms with Gasteiger partial charge in [-0.15, -0.1) is 0 Å². The lowest BCUT2D eigenvalue weighted by molar-refractivity contribution is 0.104. The van der Waals surface area contributed by atoms with Crippen molar-refractivity contribution in [2.45, 2.75) is 31.5 Å². The van der Waals surface area contributed by atoms with Crippen molar-refractivity contribution in [1.29, 1.82) is 0 Å². The molecule has 0 radical (unpaired) electrons. The zero-order valence-electron chi connectivity index (χ0n) is 9.10. The van der Waals surface area contributed by atoms with E-state index in [-0.39, 0.29) is 0 Å². The number of aromatic nitrogens is 2. The first-order chi connectivity index (χ1) is 7.22. The molecule has 0 aliphatic rings. The van der Waals surface area contributed by atoms with Crippen LogP contribution in [0.15, 0.2) is 4.52 Å². The van der Waals surface area contributed by atoms with Crippen LogP contribution in [0.2, 0.25) is 0 Å². The summed E-state index contributed by atoms with van der Waals surface area (Å²) in [6, 6.07) is 0. The molecule has 0 saturated heterocycles. The summed E-state index contributed by atoms with van der Waals surface area (Å²) in [6.45, 7) is 5.63. The molecule has 0 amide bonds. The third kappa shape index (κ3) is 5.15. The van der Waals surface area contributed by atoms with Gasteiger partial charge in [-0.3, -0.25) is 0 Å². The van der Waals surface area contributed by atoms with Crippen molar-refractivity contribution < 1.29 is 9.26 Å². The highest BCUT2D eigenvalue weighted by Gasteiger charge is 2.06. The van der Waals surface area contributed by atoms with Gasteiger partial charge in [0, 0.05) is 6.54 Å². The number of hydrogen-bond donors (Lipinski definition) is 1. The van der Waals surface area contributed by atoms with E-state index in [2.05, 4.69) is 24.0 Å². The summed E-state index contributed by atoms with van der Waals surface area (Å²) < 4.78 is 10.2. The van der Waals surface area contributed by atoms with Gasteiger partial charge in [0.25, 0.3) is 5.89 Å². The zero-order chi connectivity index (χ0) is 11.1. The molecule has 0 bridgehead atoms. The van der Waals surface area contributed by atoms with Crippen LogP contribution in [0.5, 0.6) is 0 Å². The predicted molar refractivity (Wildman–Crippen MR) is 59.4 cm³/mol. The molecule has 0 fully saturated rings. The highest BCUT2D eigenvalue weighted by Crippen LogP contribution is 2.14. The molecule has 1 aromatic rings. The topological polar surface area (TPSA) is 74.2 Å². The van der Waals surface area contributed by atoms with Gasteiger partial charge in [0.1, 0.15) is 6.61 Å². The zero-order valence-corrected chi connectivity index (χ0v) is 9.92. The second kappa shape index (κ2) is 6.81. The van der Waals surface area contributed by atoms with Gasteiger partial charge < -0.3 is 15.0 Å². The van der Waals surface area contributed by atoms with Crippen LogP contribution in [-0.4, -0.2) is 28.5 Å². The third-order valence-electron chi connectivity index (χ3n) is 1.54. The van der Waals surface area contributed by atoms with Crippen molar-refractivity contribution in [2.24, 2.45) is 5.73 Å². The molecule has 6 heteroatoms. The Kier molecular flexibility index (Phi) is 5.67. The quantitative estimate of drug-likeness (QED) is 0.710. The van der Waals surface area contributed by atoms with Crippen molar-refractivity contribution in [3.05, 3.63) is 11.7 Å². The molecule has 0 spiro atoms. The van der Waals surface area contributed by atoms with Gasteiger partial charge in [-0.2, -0.15) is 16.7 Å². The SMILES string of the molecule is CC(C)SCc1noc(COCCN)n1. The van der Waals surface area contributed by atoms with E-state index in [1.54, 1.807) is 11.8 Å². The second-order valence-corrected chi connectivity index (χ2v) is 4.87. The van der Waals surface area contributed by atoms with Crippen molar-refractivity contribution in [3.8, 4) is 0 Å². The Balaban J connectivity index is 2.29. The summed E-state index contributed by atoms with van der Waals surface area (Å²) in [4.78, 5) is 4.19. The van der Waals surface area contributed by atoms with Gasteiger partial charge in [-0.05, 0) is 5.25 Å². The van der Waals surface area contributed by atoms with Crippen LogP contribution in [0.1, 0.15) is 25.6 Å². The van der Waals surface area contributed by atoms with Gasteiger partial charge in [0.2, 0.25) is 0 Å². The molecule has 0 saturated carbocycles. The summed E-state index contributed by atoms with van der Waals surface area (Å²) in [5.74, 6) is 2.01. The van der Waals surface area contributed by atoms with E-state index in [1.165, 1.54) is 0 Å². The van der Waals surface area contributed by atoms with Crippen LogP contribution in [0.25, 0.3) is 0 Å². The van der Waals surface area contributed by atoms with Crippen molar-refractivity contribution in [1.82, 2.24) is 10.1 Å². The molecule has 1 heterocycles. The van der Waals surface area contributed by atoms with Crippen LogP contribution >= 0.6 is 11.8 Å². The average Bonchev–Trinajstić information content (AvgIpc) is 2.63. The van der Waals surface area contributed by atoms with Gasteiger partial charge >= 0.3 is 0 Å². The Morgan fingerprint density at radius 1 is 1.53 bits per heavy atom. The lowest BCUT2D eigenvalue weighted by Crippen LogP contribution is -2.08. The molecule has 0 aromatic carbocycles. The Hall–Kier alpha value is -0.590. The van der Waals surface area contributed by atoms with E-state index in [9.17, 15) is 0 Å². The largest absolute Gasteiger partial charge is 0.370 e. The summed E-state index contributed by atoms with van der Waals surface area (Å²) in [5.41, 5.74) is 5.28. The van der Waals surface area contributed by atoms with Crippen molar-refractivity contribution in [2.75, 3.05) is 13.2 Å². The van der Waals surface area contributed by atoms with E-state index in [1.807, 2.05) is 0 Å². The first-order valence-corrected chi connectivity index (χ1v) is 5.98. The molecule has 1 rings (SSSR count). The van der Waals surface area contributed by atoms with Crippen LogP contribution in [-0.2, 0) is 17.1 Å². The smallest absolute Gasteiger partial charge is 0.252 e. The molecule has 0 aliphatic carbocycles. The maximum absolute atomic E-state index is 5.28. The number of ether oxygens (including phenoxy) is 1. The highest BCUT2D eigenvalue weighted by atomic mass is 32.2. The molecule has 15 heavy (non-hydrogen) atoms. The van der Waals surface area contributed by atoms with E-state index in [0.717, 1.165) is 11.6 Å². The molecular weight excluding hydrogens is 214 g/mol. The maximum atomic E-state index is 5.28. The average molecular weight is 231 g/mol. The molecule has 0 unspecified atom stereocenters. The van der Waals surface area contributed by atoms with Gasteiger partial charge in [-0.25, -0.2) is 0 Å². The first kappa shape index (κ1) is 12.5. The van der Waals surface area contributed by atoms with E-state index < -0.39 is 0 Å². The maximum Gasteiger partial charge on any atom is 0.252 e. The summed E-state index contributed by atoms with van der Waals surface area (Å²) in [5, 5.41) is 4.42. The lowest BCUT2D eigenvalue weighted by Gasteiger charge is -1.99. The Bertz CT molecular complexity index is 278. The van der Waals surface area contributed by atoms with Crippen molar-refractivity contribution >= 4 is 11.8 Å². The minimum Gasteiger partial charge on any atom is -0.370 e. The van der Waals surface area contributed by atoms with Crippen molar-refractivity contribution in [3.63, 3.8) is 0 Å². The molecular formula is C9H17N3O2S. The van der Waals surface area contributed by atoms with E-state index in [0.29, 0.717) is 30.9 Å². The van der Waals surface area contributed by atoms with E-state index in [4.69, 9.17) is 15.0 Å². The summed E-state index contributed by atoms with van der Waals surface area (Å²) >= 11 is 1.78. The fourth-order valence-electron chi connectivity index (χ4n) is 0.891. The minimum absolute atomic E-state index is 0.344. The molecule has 86 valence electrons. The molecule has 2 N–H and O–H groups in total. The summed E-state index contributed by atoms with van der Waals surface area (Å²) in [6.07, 6.45) is 0. The van der Waals surface area contributed by atoms with Gasteiger partial charge in [-0.1, -0.05) is 19.0 Å². The van der Waals surface area contributed by atoms with Gasteiger partial charge in [0.15, 0.2) is 5.82 Å². The Morgan fingerprint density at radius 3 is 3.00 bits per heavy atom. The Labute approximate surface area is 93.7 Å². The fraction of sp³-hybridized carbons (Fsp3) is 0.778. The highest BCUT2D eigenvalue weighted by molar-refractivity contribution is 7.99. The summed E-state index contributed by atoms with van der Waals surface area (Å²) in [7, 11) is 0. The molecule has 0 aliphatic heterocycles. The number of nitrogens with zero attached hydrogens (tertiary/aromatic N) is 2. The van der Waals surface area contributed by atoms with Crippen LogP contribution in [0.3, 0.4) is 0 Å². The van der Waals surface area contributed by atoms with E-state index >= 15 is 0 Å². The molecule has 0 atom stereocenters. The predicted octanol–water partition coefficient (Wildman–Crippen LogP) is 1.19. The number of hydrogen-bond acceptors (Lipinski definition) is 6. The lowest BCUT2D eigenvalue weighted by atomic mass is 10.6. The minimum atomic E-state index is 0.344. The molecule has 1 aromatic heterocycles. The van der Waals surface area contributed by atoms with Crippen LogP contribution in [0, 0.1) is 0 Å². The normalized spacial score (nSPS) is 11.2. The first-order valence-electron chi connectivity index (χ1n) is 4.93. The number of rotatable bonds is 7. The number of thioether (sulfide) groups is 1. The van der Waals surface area contributed by atoms with Crippen LogP contribution < -0.4 is 5.73 Å². The van der Waals surface area contributed by atoms with Crippen LogP contribution in [0.4, 0.5) is 0 Å². The third-order valence-corrected chi connectivity index (χ3v) is 2.64.